The van der Waals surface area contributed by atoms with E-state index in [0.29, 0.717) is 25.8 Å². The Labute approximate surface area is 132 Å². The number of hydrogen-bond donors (Lipinski definition) is 2. The number of benzene rings is 1. The highest BCUT2D eigenvalue weighted by Gasteiger charge is 2.25. The van der Waals surface area contributed by atoms with Crippen molar-refractivity contribution < 1.29 is 14.7 Å². The molecule has 2 N–H and O–H groups in total. The summed E-state index contributed by atoms with van der Waals surface area (Å²) >= 11 is 0. The summed E-state index contributed by atoms with van der Waals surface area (Å²) in [5, 5.41) is 12.6. The van der Waals surface area contributed by atoms with Gasteiger partial charge in [0.25, 0.3) is 0 Å². The standard InChI is InChI=1S/C18H27NO3/c1-13(2)12-17(20)16(18(21)22)10-7-11-19-14(3)15-8-5-4-6-9-15/h4-6,8-9,13-14,16,19H,7,10-12H2,1-3H3,(H,21,22). The smallest absolute Gasteiger partial charge is 0.314 e. The minimum Gasteiger partial charge on any atom is -0.481 e. The van der Waals surface area contributed by atoms with Crippen molar-refractivity contribution in [3.63, 3.8) is 0 Å². The van der Waals surface area contributed by atoms with Crippen LogP contribution in [0.2, 0.25) is 0 Å². The van der Waals surface area contributed by atoms with E-state index in [1.165, 1.54) is 5.56 Å². The number of rotatable bonds is 10. The third kappa shape index (κ3) is 6.39. The molecule has 0 saturated carbocycles. The van der Waals surface area contributed by atoms with Gasteiger partial charge in [0.15, 0.2) is 0 Å². The van der Waals surface area contributed by atoms with Crippen molar-refractivity contribution in [1.82, 2.24) is 5.32 Å². The Balaban J connectivity index is 2.37. The molecule has 22 heavy (non-hydrogen) atoms. The van der Waals surface area contributed by atoms with Crippen molar-refractivity contribution in [2.24, 2.45) is 11.8 Å². The van der Waals surface area contributed by atoms with Crippen LogP contribution in [0.25, 0.3) is 0 Å². The van der Waals surface area contributed by atoms with Crippen molar-refractivity contribution in [2.45, 2.75) is 46.1 Å². The van der Waals surface area contributed by atoms with Crippen LogP contribution in [0.5, 0.6) is 0 Å². The Morgan fingerprint density at radius 3 is 2.32 bits per heavy atom. The van der Waals surface area contributed by atoms with Gasteiger partial charge in [-0.25, -0.2) is 0 Å². The minimum atomic E-state index is -0.998. The number of aliphatic carboxylic acids is 1. The second kappa shape index (κ2) is 9.36. The van der Waals surface area contributed by atoms with E-state index in [9.17, 15) is 14.7 Å². The van der Waals surface area contributed by atoms with Crippen LogP contribution in [-0.4, -0.2) is 23.4 Å². The van der Waals surface area contributed by atoms with Crippen LogP contribution in [0.4, 0.5) is 0 Å². The molecule has 0 saturated heterocycles. The van der Waals surface area contributed by atoms with Crippen LogP contribution in [0.3, 0.4) is 0 Å². The maximum atomic E-state index is 11.9. The van der Waals surface area contributed by atoms with Gasteiger partial charge >= 0.3 is 5.97 Å². The van der Waals surface area contributed by atoms with E-state index >= 15 is 0 Å². The molecule has 0 bridgehead atoms. The Kier molecular flexibility index (Phi) is 7.82. The van der Waals surface area contributed by atoms with E-state index in [1.807, 2.05) is 32.0 Å². The first kappa shape index (κ1) is 18.4. The summed E-state index contributed by atoms with van der Waals surface area (Å²) in [7, 11) is 0. The van der Waals surface area contributed by atoms with Gasteiger partial charge in [0.2, 0.25) is 0 Å². The third-order valence-corrected chi connectivity index (χ3v) is 3.72. The first-order valence-electron chi connectivity index (χ1n) is 7.95. The van der Waals surface area contributed by atoms with Crippen molar-refractivity contribution in [3.05, 3.63) is 35.9 Å². The molecule has 0 aliphatic rings. The normalized spacial score (nSPS) is 13.8. The van der Waals surface area contributed by atoms with E-state index in [2.05, 4.69) is 24.4 Å². The van der Waals surface area contributed by atoms with Crippen LogP contribution < -0.4 is 5.32 Å². The van der Waals surface area contributed by atoms with Gasteiger partial charge in [-0.3, -0.25) is 9.59 Å². The molecule has 4 heteroatoms. The Morgan fingerprint density at radius 1 is 1.14 bits per heavy atom. The Morgan fingerprint density at radius 2 is 1.77 bits per heavy atom. The molecular formula is C18H27NO3. The van der Waals surface area contributed by atoms with Gasteiger partial charge in [-0.15, -0.1) is 0 Å². The molecular weight excluding hydrogens is 278 g/mol. The number of carboxylic acids is 1. The molecule has 0 heterocycles. The van der Waals surface area contributed by atoms with Crippen molar-refractivity contribution in [1.29, 1.82) is 0 Å². The molecule has 0 aliphatic carbocycles. The van der Waals surface area contributed by atoms with Gasteiger partial charge in [0, 0.05) is 12.5 Å². The average molecular weight is 305 g/mol. The molecule has 122 valence electrons. The van der Waals surface area contributed by atoms with E-state index in [-0.39, 0.29) is 17.7 Å². The number of carbonyl (C=O) groups excluding carboxylic acids is 1. The summed E-state index contributed by atoms with van der Waals surface area (Å²) in [5.74, 6) is -1.82. The van der Waals surface area contributed by atoms with E-state index in [4.69, 9.17) is 0 Å². The molecule has 2 unspecified atom stereocenters. The van der Waals surface area contributed by atoms with Gasteiger partial charge in [0.1, 0.15) is 11.7 Å². The number of hydrogen-bond acceptors (Lipinski definition) is 3. The van der Waals surface area contributed by atoms with Crippen molar-refractivity contribution in [3.8, 4) is 0 Å². The topological polar surface area (TPSA) is 66.4 Å². The van der Waals surface area contributed by atoms with Crippen LogP contribution >= 0.6 is 0 Å². The molecule has 0 aromatic heterocycles. The van der Waals surface area contributed by atoms with E-state index < -0.39 is 11.9 Å². The molecule has 0 fully saturated rings. The summed E-state index contributed by atoms with van der Waals surface area (Å²) in [6.45, 7) is 6.64. The maximum Gasteiger partial charge on any atom is 0.314 e. The maximum absolute atomic E-state index is 11.9. The van der Waals surface area contributed by atoms with Crippen LogP contribution in [-0.2, 0) is 9.59 Å². The number of carbonyl (C=O) groups is 2. The predicted molar refractivity (Wildman–Crippen MR) is 87.7 cm³/mol. The summed E-state index contributed by atoms with van der Waals surface area (Å²) in [6.07, 6.45) is 1.41. The van der Waals surface area contributed by atoms with Crippen LogP contribution in [0.1, 0.15) is 51.6 Å². The Bertz CT molecular complexity index is 470. The molecule has 1 aromatic carbocycles. The zero-order valence-corrected chi connectivity index (χ0v) is 13.7. The summed E-state index contributed by atoms with van der Waals surface area (Å²) in [5.41, 5.74) is 1.20. The number of carboxylic acid groups (broad SMARTS) is 1. The first-order valence-corrected chi connectivity index (χ1v) is 7.95. The monoisotopic (exact) mass is 305 g/mol. The third-order valence-electron chi connectivity index (χ3n) is 3.72. The molecule has 0 aliphatic heterocycles. The quantitative estimate of drug-likeness (QED) is 0.513. The second-order valence-electron chi connectivity index (χ2n) is 6.18. The van der Waals surface area contributed by atoms with Gasteiger partial charge in [-0.05, 0) is 37.8 Å². The molecule has 1 aromatic rings. The fraction of sp³-hybridized carbons (Fsp3) is 0.556. The molecule has 1 rings (SSSR count). The first-order chi connectivity index (χ1) is 10.4. The molecule has 0 radical (unpaired) electrons. The number of Topliss-reactive ketones (excluding diaryl/α,β-unsaturated/α-hetero) is 1. The van der Waals surface area contributed by atoms with Gasteiger partial charge < -0.3 is 10.4 Å². The fourth-order valence-electron chi connectivity index (χ4n) is 2.45. The molecule has 0 amide bonds. The van der Waals surface area contributed by atoms with Gasteiger partial charge in [0.05, 0.1) is 0 Å². The van der Waals surface area contributed by atoms with E-state index in [0.717, 1.165) is 0 Å². The zero-order valence-electron chi connectivity index (χ0n) is 13.7. The van der Waals surface area contributed by atoms with Crippen molar-refractivity contribution in [2.75, 3.05) is 6.54 Å². The highest BCUT2D eigenvalue weighted by atomic mass is 16.4. The second-order valence-corrected chi connectivity index (χ2v) is 6.18. The van der Waals surface area contributed by atoms with Crippen LogP contribution in [0.15, 0.2) is 30.3 Å². The highest BCUT2D eigenvalue weighted by molar-refractivity contribution is 5.98. The van der Waals surface area contributed by atoms with Crippen LogP contribution in [0, 0.1) is 11.8 Å². The van der Waals surface area contributed by atoms with Crippen molar-refractivity contribution >= 4 is 11.8 Å². The number of nitrogens with one attached hydrogen (secondary N) is 1. The lowest BCUT2D eigenvalue weighted by molar-refractivity contribution is -0.146. The molecule has 4 nitrogen and oxygen atoms in total. The lowest BCUT2D eigenvalue weighted by Gasteiger charge is -2.16. The summed E-state index contributed by atoms with van der Waals surface area (Å²) in [4.78, 5) is 23.2. The van der Waals surface area contributed by atoms with E-state index in [1.54, 1.807) is 0 Å². The highest BCUT2D eigenvalue weighted by Crippen LogP contribution is 2.15. The Hall–Kier alpha value is -1.68. The zero-order chi connectivity index (χ0) is 16.5. The SMILES string of the molecule is CC(C)CC(=O)C(CCCNC(C)c1ccccc1)C(=O)O. The molecule has 0 spiro atoms. The predicted octanol–water partition coefficient (Wildman–Crippen LogP) is 3.43. The summed E-state index contributed by atoms with van der Waals surface area (Å²) in [6, 6.07) is 10.3. The number of ketones is 1. The molecule has 2 atom stereocenters. The lowest BCUT2D eigenvalue weighted by Crippen LogP contribution is -2.27. The van der Waals surface area contributed by atoms with Gasteiger partial charge in [-0.1, -0.05) is 44.2 Å². The summed E-state index contributed by atoms with van der Waals surface area (Å²) < 4.78 is 0. The van der Waals surface area contributed by atoms with Gasteiger partial charge in [-0.2, -0.15) is 0 Å². The lowest BCUT2D eigenvalue weighted by atomic mass is 9.92. The fourth-order valence-corrected chi connectivity index (χ4v) is 2.45. The average Bonchev–Trinajstić information content (AvgIpc) is 2.46. The minimum absolute atomic E-state index is 0.154. The largest absolute Gasteiger partial charge is 0.481 e.